The number of hydrogen-bond acceptors (Lipinski definition) is 3. The maximum absolute atomic E-state index is 12.9. The maximum atomic E-state index is 12.9. The number of nitrogens with one attached hydrogen (secondary N) is 1. The Morgan fingerprint density at radius 3 is 2.46 bits per heavy atom. The highest BCUT2D eigenvalue weighted by molar-refractivity contribution is 7.89. The van der Waals surface area contributed by atoms with Gasteiger partial charge in [0.05, 0.1) is 4.90 Å². The second-order valence-corrected chi connectivity index (χ2v) is 8.82. The first-order valence-corrected chi connectivity index (χ1v) is 10.3. The highest BCUT2D eigenvalue weighted by Gasteiger charge is 2.29. The summed E-state index contributed by atoms with van der Waals surface area (Å²) in [6.07, 6.45) is 7.60. The molecule has 4 nitrogen and oxygen atoms in total. The Kier molecular flexibility index (Phi) is 7.10. The predicted octanol–water partition coefficient (Wildman–Crippen LogP) is 3.00. The van der Waals surface area contributed by atoms with Crippen LogP contribution in [0.4, 0.5) is 0 Å². The third-order valence-corrected chi connectivity index (χ3v) is 7.23. The first-order chi connectivity index (χ1) is 11.1. The number of hydrogen-bond donors (Lipinski definition) is 1. The zero-order valence-corrected chi connectivity index (χ0v) is 16.1. The zero-order valence-electron chi connectivity index (χ0n) is 14.5. The molecule has 1 fully saturated rings. The lowest BCUT2D eigenvalue weighted by molar-refractivity contribution is 0.263. The molecule has 0 unspecified atom stereocenters. The molecular weight excluding hydrogens is 344 g/mol. The number of fused-ring (bicyclic) bond motifs is 1. The van der Waals surface area contributed by atoms with Gasteiger partial charge in [0.1, 0.15) is 0 Å². The Bertz CT molecular complexity index is 640. The number of piperidine rings is 1. The van der Waals surface area contributed by atoms with Gasteiger partial charge < -0.3 is 5.32 Å². The van der Waals surface area contributed by atoms with E-state index in [9.17, 15) is 8.42 Å². The molecule has 0 amide bonds. The Morgan fingerprint density at radius 2 is 1.79 bits per heavy atom. The van der Waals surface area contributed by atoms with Crippen LogP contribution in [0.3, 0.4) is 0 Å². The van der Waals surface area contributed by atoms with Gasteiger partial charge in [-0.15, -0.1) is 12.4 Å². The van der Waals surface area contributed by atoms with Crippen LogP contribution in [0.25, 0.3) is 0 Å². The molecule has 6 heteroatoms. The number of halogens is 1. The summed E-state index contributed by atoms with van der Waals surface area (Å²) in [5.41, 5.74) is 2.57. The average molecular weight is 373 g/mol. The number of nitrogens with zero attached hydrogens (tertiary/aromatic N) is 1. The largest absolute Gasteiger partial charge is 0.320 e. The third-order valence-electron chi connectivity index (χ3n) is 5.33. The van der Waals surface area contributed by atoms with Crippen LogP contribution < -0.4 is 5.32 Å². The minimum absolute atomic E-state index is 0. The summed E-state index contributed by atoms with van der Waals surface area (Å²) in [6, 6.07) is 5.77. The second-order valence-electron chi connectivity index (χ2n) is 6.88. The summed E-state index contributed by atoms with van der Waals surface area (Å²) < 4.78 is 27.5. The van der Waals surface area contributed by atoms with Crippen molar-refractivity contribution >= 4 is 22.4 Å². The van der Waals surface area contributed by atoms with Crippen molar-refractivity contribution in [1.29, 1.82) is 0 Å². The van der Waals surface area contributed by atoms with E-state index in [2.05, 4.69) is 5.32 Å². The van der Waals surface area contributed by atoms with Crippen LogP contribution in [0.15, 0.2) is 23.1 Å². The molecule has 136 valence electrons. The van der Waals surface area contributed by atoms with E-state index in [4.69, 9.17) is 0 Å². The molecule has 1 N–H and O–H groups in total. The van der Waals surface area contributed by atoms with Gasteiger partial charge in [0.15, 0.2) is 0 Å². The molecule has 1 heterocycles. The first-order valence-electron chi connectivity index (χ1n) is 8.88. The molecule has 0 atom stereocenters. The van der Waals surface area contributed by atoms with Crippen molar-refractivity contribution in [2.45, 2.75) is 49.8 Å². The quantitative estimate of drug-likeness (QED) is 0.864. The van der Waals surface area contributed by atoms with Crippen LogP contribution in [0.2, 0.25) is 0 Å². The van der Waals surface area contributed by atoms with E-state index in [1.807, 2.05) is 25.2 Å². The normalized spacial score (nSPS) is 19.5. The molecule has 0 bridgehead atoms. The standard InChI is InChI=1S/C18H28N2O2S.ClH/c1-19-11-8-15-9-12-20(13-10-15)23(21,22)18-7-6-16-4-2-3-5-17(16)14-18;/h6-7,14-15,19H,2-5,8-13H2,1H3;1H. The van der Waals surface area contributed by atoms with Gasteiger partial charge in [-0.1, -0.05) is 6.07 Å². The van der Waals surface area contributed by atoms with Crippen molar-refractivity contribution < 1.29 is 8.42 Å². The molecule has 1 aromatic rings. The third kappa shape index (κ3) is 4.31. The summed E-state index contributed by atoms with van der Waals surface area (Å²) in [7, 11) is -1.35. The lowest BCUT2D eigenvalue weighted by Gasteiger charge is -2.31. The van der Waals surface area contributed by atoms with E-state index in [0.717, 1.165) is 38.6 Å². The zero-order chi connectivity index (χ0) is 16.3. The Balaban J connectivity index is 0.00000208. The number of rotatable bonds is 5. The Labute approximate surface area is 152 Å². The van der Waals surface area contributed by atoms with Crippen molar-refractivity contribution in [1.82, 2.24) is 9.62 Å². The number of benzene rings is 1. The Hall–Kier alpha value is -0.620. The van der Waals surface area contributed by atoms with Crippen molar-refractivity contribution in [3.05, 3.63) is 29.3 Å². The highest BCUT2D eigenvalue weighted by atomic mass is 35.5. The predicted molar refractivity (Wildman–Crippen MR) is 100 cm³/mol. The monoisotopic (exact) mass is 372 g/mol. The molecule has 1 aliphatic carbocycles. The van der Waals surface area contributed by atoms with E-state index in [1.165, 1.54) is 24.0 Å². The van der Waals surface area contributed by atoms with E-state index >= 15 is 0 Å². The fourth-order valence-corrected chi connectivity index (χ4v) is 5.33. The van der Waals surface area contributed by atoms with Crippen LogP contribution in [-0.4, -0.2) is 39.4 Å². The van der Waals surface area contributed by atoms with Crippen LogP contribution >= 0.6 is 12.4 Å². The second kappa shape index (κ2) is 8.65. The summed E-state index contributed by atoms with van der Waals surface area (Å²) in [5.74, 6) is 0.650. The maximum Gasteiger partial charge on any atom is 0.243 e. The smallest absolute Gasteiger partial charge is 0.243 e. The van der Waals surface area contributed by atoms with Gasteiger partial charge in [-0.3, -0.25) is 0 Å². The lowest BCUT2D eigenvalue weighted by Crippen LogP contribution is -2.39. The van der Waals surface area contributed by atoms with Crippen LogP contribution in [-0.2, 0) is 22.9 Å². The van der Waals surface area contributed by atoms with Crippen molar-refractivity contribution in [2.24, 2.45) is 5.92 Å². The summed E-state index contributed by atoms with van der Waals surface area (Å²) in [5, 5.41) is 3.18. The fraction of sp³-hybridized carbons (Fsp3) is 0.667. The molecule has 1 aromatic carbocycles. The SMILES string of the molecule is CNCCC1CCN(S(=O)(=O)c2ccc3c(c2)CCCC3)CC1.Cl. The minimum atomic E-state index is -3.32. The molecule has 3 rings (SSSR count). The molecule has 2 aliphatic rings. The molecule has 24 heavy (non-hydrogen) atoms. The first kappa shape index (κ1) is 19.7. The van der Waals surface area contributed by atoms with Crippen molar-refractivity contribution in [3.63, 3.8) is 0 Å². The molecule has 0 aromatic heterocycles. The van der Waals surface area contributed by atoms with Gasteiger partial charge in [-0.2, -0.15) is 4.31 Å². The number of sulfonamides is 1. The van der Waals surface area contributed by atoms with Gasteiger partial charge >= 0.3 is 0 Å². The van der Waals surface area contributed by atoms with Gasteiger partial charge in [0, 0.05) is 13.1 Å². The topological polar surface area (TPSA) is 49.4 Å². The van der Waals surface area contributed by atoms with E-state index < -0.39 is 10.0 Å². The van der Waals surface area contributed by atoms with Crippen LogP contribution in [0.5, 0.6) is 0 Å². The van der Waals surface area contributed by atoms with Crippen LogP contribution in [0.1, 0.15) is 43.2 Å². The highest BCUT2D eigenvalue weighted by Crippen LogP contribution is 2.28. The van der Waals surface area contributed by atoms with Crippen molar-refractivity contribution in [3.8, 4) is 0 Å². The lowest BCUT2D eigenvalue weighted by atomic mass is 9.92. The van der Waals surface area contributed by atoms with E-state index in [0.29, 0.717) is 23.9 Å². The van der Waals surface area contributed by atoms with E-state index in [-0.39, 0.29) is 12.4 Å². The molecule has 0 spiro atoms. The fourth-order valence-electron chi connectivity index (χ4n) is 3.81. The van der Waals surface area contributed by atoms with Crippen molar-refractivity contribution in [2.75, 3.05) is 26.7 Å². The van der Waals surface area contributed by atoms with Gasteiger partial charge in [-0.25, -0.2) is 8.42 Å². The Morgan fingerprint density at radius 1 is 1.12 bits per heavy atom. The molecule has 0 saturated carbocycles. The number of aryl methyl sites for hydroxylation is 2. The molecular formula is C18H29ClN2O2S. The van der Waals surface area contributed by atoms with Gasteiger partial charge in [0.25, 0.3) is 0 Å². The minimum Gasteiger partial charge on any atom is -0.320 e. The van der Waals surface area contributed by atoms with Crippen LogP contribution in [0, 0.1) is 5.92 Å². The molecule has 0 radical (unpaired) electrons. The summed E-state index contributed by atoms with van der Waals surface area (Å²) in [4.78, 5) is 0.492. The summed E-state index contributed by atoms with van der Waals surface area (Å²) >= 11 is 0. The van der Waals surface area contributed by atoms with Gasteiger partial charge in [-0.05, 0) is 87.7 Å². The molecule has 1 aliphatic heterocycles. The van der Waals surface area contributed by atoms with Gasteiger partial charge in [0.2, 0.25) is 10.0 Å². The average Bonchev–Trinajstić information content (AvgIpc) is 2.60. The molecule has 1 saturated heterocycles. The van der Waals surface area contributed by atoms with E-state index in [1.54, 1.807) is 4.31 Å². The summed E-state index contributed by atoms with van der Waals surface area (Å²) in [6.45, 7) is 2.34.